The molecule has 10 nitrogen and oxygen atoms in total. The van der Waals surface area contributed by atoms with Crippen LogP contribution in [-0.4, -0.2) is 129 Å². The van der Waals surface area contributed by atoms with Gasteiger partial charge in [0.25, 0.3) is 0 Å². The molecule has 3 rings (SSSR count). The van der Waals surface area contributed by atoms with E-state index in [0.29, 0.717) is 6.04 Å². The van der Waals surface area contributed by atoms with E-state index in [4.69, 9.17) is 9.47 Å². The van der Waals surface area contributed by atoms with Crippen molar-refractivity contribution in [3.63, 3.8) is 0 Å². The second-order valence-electron chi connectivity index (χ2n) is 11.9. The predicted octanol–water partition coefficient (Wildman–Crippen LogP) is 3.33. The van der Waals surface area contributed by atoms with Gasteiger partial charge in [-0.15, -0.1) is 12.4 Å². The molecule has 0 aromatic carbocycles. The SMILES string of the molecule is CC(C)(C)OC(=O)N1CC(=O)C1.CN(C)C1CCC1.CN(C)C1CN(C(=O)OC(C)(C)C)C1.CNC.Cl. The first-order valence-corrected chi connectivity index (χ1v) is 12.8. The van der Waals surface area contributed by atoms with Crippen molar-refractivity contribution >= 4 is 30.4 Å². The summed E-state index contributed by atoms with van der Waals surface area (Å²) in [6.07, 6.45) is 3.70. The molecule has 2 aliphatic heterocycles. The molecule has 0 aromatic heterocycles. The van der Waals surface area contributed by atoms with Crippen molar-refractivity contribution in [2.45, 2.75) is 84.1 Å². The largest absolute Gasteiger partial charge is 0.444 e. The molecule has 3 aliphatic rings. The maximum absolute atomic E-state index is 11.5. The summed E-state index contributed by atoms with van der Waals surface area (Å²) in [4.78, 5) is 40.7. The molecule has 2 saturated heterocycles. The fraction of sp³-hybridized carbons (Fsp3) is 0.885. The number of Topliss-reactive ketones (excluding diaryl/α,β-unsaturated/α-hetero) is 1. The van der Waals surface area contributed by atoms with Crippen LogP contribution in [0.5, 0.6) is 0 Å². The first-order valence-electron chi connectivity index (χ1n) is 12.8. The number of carbonyl (C=O) groups is 3. The fourth-order valence-corrected chi connectivity index (χ4v) is 3.00. The van der Waals surface area contributed by atoms with Crippen molar-refractivity contribution in [2.24, 2.45) is 0 Å². The zero-order chi connectivity index (χ0) is 28.3. The molecule has 1 aliphatic carbocycles. The Hall–Kier alpha value is -1.62. The quantitative estimate of drug-likeness (QED) is 0.558. The molecule has 2 heterocycles. The maximum Gasteiger partial charge on any atom is 0.411 e. The zero-order valence-electron chi connectivity index (χ0n) is 25.3. The van der Waals surface area contributed by atoms with Crippen LogP contribution in [0.25, 0.3) is 0 Å². The number of nitrogens with one attached hydrogen (secondary N) is 1. The zero-order valence-corrected chi connectivity index (χ0v) is 26.2. The molecule has 37 heavy (non-hydrogen) atoms. The van der Waals surface area contributed by atoms with Gasteiger partial charge in [0.2, 0.25) is 0 Å². The van der Waals surface area contributed by atoms with Crippen molar-refractivity contribution in [3.05, 3.63) is 0 Å². The lowest BCUT2D eigenvalue weighted by Gasteiger charge is -2.42. The van der Waals surface area contributed by atoms with Gasteiger partial charge in [-0.05, 0) is 96.7 Å². The van der Waals surface area contributed by atoms with Crippen molar-refractivity contribution in [1.29, 1.82) is 0 Å². The molecule has 2 amide bonds. The normalized spacial score (nSPS) is 17.3. The van der Waals surface area contributed by atoms with Gasteiger partial charge in [-0.25, -0.2) is 9.59 Å². The smallest absolute Gasteiger partial charge is 0.411 e. The Bertz CT molecular complexity index is 674. The number of amides is 2. The van der Waals surface area contributed by atoms with Gasteiger partial charge >= 0.3 is 12.2 Å². The van der Waals surface area contributed by atoms with Crippen LogP contribution in [0, 0.1) is 0 Å². The average molecular weight is 552 g/mol. The maximum atomic E-state index is 11.5. The van der Waals surface area contributed by atoms with Gasteiger partial charge in [0.1, 0.15) is 11.2 Å². The second-order valence-corrected chi connectivity index (χ2v) is 11.9. The van der Waals surface area contributed by atoms with Gasteiger partial charge in [-0.3, -0.25) is 9.69 Å². The summed E-state index contributed by atoms with van der Waals surface area (Å²) in [5.41, 5.74) is -0.865. The highest BCUT2D eigenvalue weighted by atomic mass is 35.5. The Labute approximate surface area is 231 Å². The number of halogens is 1. The lowest BCUT2D eigenvalue weighted by Crippen LogP contribution is -2.59. The number of nitrogens with zero attached hydrogens (tertiary/aromatic N) is 4. The van der Waals surface area contributed by atoms with Gasteiger partial charge in [-0.2, -0.15) is 0 Å². The molecule has 0 aromatic rings. The van der Waals surface area contributed by atoms with Crippen molar-refractivity contribution in [3.8, 4) is 0 Å². The first-order chi connectivity index (χ1) is 16.4. The lowest BCUT2D eigenvalue weighted by molar-refractivity contribution is -0.128. The minimum absolute atomic E-state index is 0. The molecule has 0 atom stereocenters. The Morgan fingerprint density at radius 2 is 1.14 bits per heavy atom. The number of rotatable bonds is 2. The van der Waals surface area contributed by atoms with Crippen LogP contribution in [0.4, 0.5) is 9.59 Å². The summed E-state index contributed by atoms with van der Waals surface area (Å²) in [7, 11) is 12.1. The molecule has 3 fully saturated rings. The summed E-state index contributed by atoms with van der Waals surface area (Å²) < 4.78 is 10.3. The van der Waals surface area contributed by atoms with Crippen LogP contribution in [-0.2, 0) is 14.3 Å². The molecule has 1 N–H and O–H groups in total. The van der Waals surface area contributed by atoms with Crippen LogP contribution in [0.1, 0.15) is 60.8 Å². The number of carbonyl (C=O) groups excluding carboxylic acids is 3. The van der Waals surface area contributed by atoms with Gasteiger partial charge in [0.15, 0.2) is 5.78 Å². The van der Waals surface area contributed by atoms with E-state index in [1.807, 2.05) is 49.0 Å². The molecular formula is C26H54ClN5O5. The Kier molecular flexibility index (Phi) is 17.3. The number of hydrogen-bond donors (Lipinski definition) is 1. The third-order valence-corrected chi connectivity index (χ3v) is 5.44. The van der Waals surface area contributed by atoms with E-state index >= 15 is 0 Å². The minimum atomic E-state index is -0.476. The summed E-state index contributed by atoms with van der Waals surface area (Å²) in [6.45, 7) is 13.0. The molecule has 0 radical (unpaired) electrons. The fourth-order valence-electron chi connectivity index (χ4n) is 3.00. The van der Waals surface area contributed by atoms with Gasteiger partial charge in [-0.1, -0.05) is 6.42 Å². The monoisotopic (exact) mass is 551 g/mol. The van der Waals surface area contributed by atoms with Crippen LogP contribution >= 0.6 is 12.4 Å². The van der Waals surface area contributed by atoms with E-state index in [0.717, 1.165) is 19.1 Å². The number of likely N-dealkylation sites (tertiary alicyclic amines) is 2. The molecule has 11 heteroatoms. The van der Waals surface area contributed by atoms with Crippen molar-refractivity contribution in [1.82, 2.24) is 24.9 Å². The molecule has 1 saturated carbocycles. The van der Waals surface area contributed by atoms with Crippen LogP contribution < -0.4 is 5.32 Å². The Morgan fingerprint density at radius 1 is 0.784 bits per heavy atom. The molecule has 0 bridgehead atoms. The van der Waals surface area contributed by atoms with E-state index in [1.165, 1.54) is 24.2 Å². The standard InChI is InChI=1S/C10H20N2O2.C8H13NO3.C6H13N.C2H7N.ClH/c1-10(2,3)14-9(13)12-6-8(7-12)11(4)5;1-8(2,3)12-7(11)9-4-6(10)5-9;1-7(2)6-4-3-5-6;1-3-2;/h8H,6-7H2,1-5H3;4-5H2,1-3H3;6H,3-5H2,1-2H3;3H,1-2H3;1H. The predicted molar refractivity (Wildman–Crippen MR) is 152 cm³/mol. The Morgan fingerprint density at radius 3 is 1.35 bits per heavy atom. The molecule has 0 spiro atoms. The van der Waals surface area contributed by atoms with E-state index in [-0.39, 0.29) is 43.0 Å². The highest BCUT2D eigenvalue weighted by molar-refractivity contribution is 5.94. The van der Waals surface area contributed by atoms with Crippen molar-refractivity contribution < 1.29 is 23.9 Å². The van der Waals surface area contributed by atoms with Crippen LogP contribution in [0.2, 0.25) is 0 Å². The van der Waals surface area contributed by atoms with E-state index in [2.05, 4.69) is 29.2 Å². The lowest BCUT2D eigenvalue weighted by atomic mass is 9.92. The van der Waals surface area contributed by atoms with Crippen LogP contribution in [0.3, 0.4) is 0 Å². The topological polar surface area (TPSA) is 94.7 Å². The van der Waals surface area contributed by atoms with Gasteiger partial charge < -0.3 is 29.5 Å². The summed E-state index contributed by atoms with van der Waals surface area (Å²) in [5, 5.41) is 2.75. The number of ketones is 1. The van der Waals surface area contributed by atoms with E-state index in [1.54, 1.807) is 25.7 Å². The second kappa shape index (κ2) is 17.1. The molecule has 220 valence electrons. The highest BCUT2D eigenvalue weighted by Gasteiger charge is 2.34. The van der Waals surface area contributed by atoms with Crippen LogP contribution in [0.15, 0.2) is 0 Å². The van der Waals surface area contributed by atoms with E-state index in [9.17, 15) is 14.4 Å². The highest BCUT2D eigenvalue weighted by Crippen LogP contribution is 2.21. The molecule has 0 unspecified atom stereocenters. The minimum Gasteiger partial charge on any atom is -0.444 e. The number of ether oxygens (including phenoxy) is 2. The van der Waals surface area contributed by atoms with Gasteiger partial charge in [0.05, 0.1) is 13.1 Å². The third-order valence-electron chi connectivity index (χ3n) is 5.44. The summed E-state index contributed by atoms with van der Waals surface area (Å²) in [6, 6.07) is 1.41. The average Bonchev–Trinajstić information content (AvgIpc) is 2.53. The molecular weight excluding hydrogens is 498 g/mol. The first kappa shape index (κ1) is 37.5. The Balaban J connectivity index is 0. The third kappa shape index (κ3) is 16.8. The van der Waals surface area contributed by atoms with Crippen molar-refractivity contribution in [2.75, 3.05) is 68.5 Å². The number of likely N-dealkylation sites (N-methyl/N-ethyl adjacent to an activating group) is 1. The van der Waals surface area contributed by atoms with E-state index < -0.39 is 11.7 Å². The number of hydrogen-bond acceptors (Lipinski definition) is 8. The summed E-state index contributed by atoms with van der Waals surface area (Å²) >= 11 is 0. The van der Waals surface area contributed by atoms with Gasteiger partial charge in [0, 0.05) is 25.2 Å². The summed E-state index contributed by atoms with van der Waals surface area (Å²) in [5.74, 6) is 0.0841.